The van der Waals surface area contributed by atoms with Crippen molar-refractivity contribution >= 4 is 22.3 Å². The van der Waals surface area contributed by atoms with Crippen LogP contribution in [0.4, 0.5) is 15.9 Å². The van der Waals surface area contributed by atoms with Crippen LogP contribution in [-0.4, -0.2) is 31.2 Å². The number of anilines is 2. The number of nitrogens with zero attached hydrogens (tertiary/aromatic N) is 2. The zero-order valence-corrected chi connectivity index (χ0v) is 10.7. The number of halogens is 1. The molecule has 0 atom stereocenters. The number of nitrogen functional groups attached to an aromatic ring is 1. The Balaban J connectivity index is 2.12. The second-order valence-corrected chi connectivity index (χ2v) is 4.82. The molecule has 1 saturated heterocycles. The van der Waals surface area contributed by atoms with Gasteiger partial charge in [-0.25, -0.2) is 9.37 Å². The van der Waals surface area contributed by atoms with Gasteiger partial charge in [0.2, 0.25) is 0 Å². The second-order valence-electron chi connectivity index (χ2n) is 4.82. The summed E-state index contributed by atoms with van der Waals surface area (Å²) in [5.41, 5.74) is 6.35. The van der Waals surface area contributed by atoms with E-state index in [0.29, 0.717) is 5.69 Å². The van der Waals surface area contributed by atoms with Gasteiger partial charge < -0.3 is 16.0 Å². The summed E-state index contributed by atoms with van der Waals surface area (Å²) in [6, 6.07) is 4.71. The first kappa shape index (κ1) is 12.2. The molecule has 0 spiro atoms. The van der Waals surface area contributed by atoms with Crippen molar-refractivity contribution in [1.29, 1.82) is 0 Å². The molecule has 0 saturated carbocycles. The average Bonchev–Trinajstić information content (AvgIpc) is 2.67. The number of hydrogen-bond donors (Lipinski definition) is 2. The summed E-state index contributed by atoms with van der Waals surface area (Å²) < 4.78 is 13.6. The highest BCUT2D eigenvalue weighted by Crippen LogP contribution is 2.29. The van der Waals surface area contributed by atoms with Crippen LogP contribution in [0.2, 0.25) is 0 Å². The second kappa shape index (κ2) is 5.01. The fourth-order valence-corrected chi connectivity index (χ4v) is 2.57. The van der Waals surface area contributed by atoms with E-state index in [1.54, 1.807) is 6.20 Å². The summed E-state index contributed by atoms with van der Waals surface area (Å²) in [5.74, 6) is 0.514. The van der Waals surface area contributed by atoms with Gasteiger partial charge in [-0.3, -0.25) is 0 Å². The molecule has 0 bridgehead atoms. The van der Waals surface area contributed by atoms with Crippen LogP contribution < -0.4 is 16.0 Å². The number of aromatic nitrogens is 1. The van der Waals surface area contributed by atoms with Crippen LogP contribution in [0.25, 0.3) is 10.8 Å². The SMILES string of the molecule is Nc1cc(F)cc2c(N3CCCNCC3)nccc12. The van der Waals surface area contributed by atoms with Gasteiger partial charge in [-0.1, -0.05) is 0 Å². The van der Waals surface area contributed by atoms with E-state index < -0.39 is 0 Å². The number of benzene rings is 1. The molecule has 0 radical (unpaired) electrons. The molecular weight excluding hydrogens is 243 g/mol. The van der Waals surface area contributed by atoms with Gasteiger partial charge in [-0.2, -0.15) is 0 Å². The molecule has 19 heavy (non-hydrogen) atoms. The molecule has 0 amide bonds. The molecule has 0 unspecified atom stereocenters. The fourth-order valence-electron chi connectivity index (χ4n) is 2.57. The van der Waals surface area contributed by atoms with E-state index in [1.807, 2.05) is 6.07 Å². The molecule has 1 aliphatic heterocycles. The van der Waals surface area contributed by atoms with Crippen LogP contribution in [-0.2, 0) is 0 Å². The molecule has 3 rings (SSSR count). The third-order valence-electron chi connectivity index (χ3n) is 3.50. The lowest BCUT2D eigenvalue weighted by molar-refractivity contribution is 0.630. The standard InChI is InChI=1S/C14H17FN4/c15-10-8-12-11(13(16)9-10)2-4-18-14(12)19-6-1-3-17-5-7-19/h2,4,8-9,17H,1,3,5-7,16H2. The quantitative estimate of drug-likeness (QED) is 0.767. The van der Waals surface area contributed by atoms with Gasteiger partial charge in [0, 0.05) is 42.3 Å². The molecule has 3 N–H and O–H groups in total. The Morgan fingerprint density at radius 3 is 3.00 bits per heavy atom. The maximum absolute atomic E-state index is 13.6. The summed E-state index contributed by atoms with van der Waals surface area (Å²) in [6.07, 6.45) is 2.80. The van der Waals surface area contributed by atoms with E-state index >= 15 is 0 Å². The van der Waals surface area contributed by atoms with Crippen LogP contribution in [0, 0.1) is 5.82 Å². The predicted molar refractivity (Wildman–Crippen MR) is 75.8 cm³/mol. The van der Waals surface area contributed by atoms with Gasteiger partial charge in [0.15, 0.2) is 0 Å². The van der Waals surface area contributed by atoms with Crippen molar-refractivity contribution in [1.82, 2.24) is 10.3 Å². The molecule has 0 aliphatic carbocycles. The molecule has 1 fully saturated rings. The molecule has 5 heteroatoms. The summed E-state index contributed by atoms with van der Waals surface area (Å²) in [7, 11) is 0. The monoisotopic (exact) mass is 260 g/mol. The highest BCUT2D eigenvalue weighted by Gasteiger charge is 2.15. The third-order valence-corrected chi connectivity index (χ3v) is 3.50. The fraction of sp³-hybridized carbons (Fsp3) is 0.357. The van der Waals surface area contributed by atoms with Gasteiger partial charge in [0.25, 0.3) is 0 Å². The van der Waals surface area contributed by atoms with Gasteiger partial charge in [-0.05, 0) is 31.2 Å². The first-order valence-corrected chi connectivity index (χ1v) is 6.55. The molecule has 2 aromatic rings. The Hall–Kier alpha value is -1.88. The molecule has 4 nitrogen and oxygen atoms in total. The van der Waals surface area contributed by atoms with E-state index in [2.05, 4.69) is 15.2 Å². The summed E-state index contributed by atoms with van der Waals surface area (Å²) in [4.78, 5) is 6.63. The number of nitrogens with two attached hydrogens (primary N) is 1. The van der Waals surface area contributed by atoms with Crippen molar-refractivity contribution in [3.8, 4) is 0 Å². The summed E-state index contributed by atoms with van der Waals surface area (Å²) >= 11 is 0. The Bertz CT molecular complexity index is 591. The Morgan fingerprint density at radius 1 is 1.21 bits per heavy atom. The maximum Gasteiger partial charge on any atom is 0.136 e. The number of hydrogen-bond acceptors (Lipinski definition) is 4. The number of fused-ring (bicyclic) bond motifs is 1. The molecule has 2 heterocycles. The van der Waals surface area contributed by atoms with Gasteiger partial charge in [0.05, 0.1) is 0 Å². The van der Waals surface area contributed by atoms with Gasteiger partial charge in [0.1, 0.15) is 11.6 Å². The van der Waals surface area contributed by atoms with Gasteiger partial charge in [-0.15, -0.1) is 0 Å². The topological polar surface area (TPSA) is 54.2 Å². The predicted octanol–water partition coefficient (Wildman–Crippen LogP) is 1.76. The van der Waals surface area contributed by atoms with E-state index in [0.717, 1.165) is 49.2 Å². The van der Waals surface area contributed by atoms with Crippen molar-refractivity contribution in [3.63, 3.8) is 0 Å². The number of nitrogens with one attached hydrogen (secondary N) is 1. The largest absolute Gasteiger partial charge is 0.398 e. The van der Waals surface area contributed by atoms with Crippen molar-refractivity contribution in [3.05, 3.63) is 30.2 Å². The normalized spacial score (nSPS) is 16.6. The zero-order chi connectivity index (χ0) is 13.2. The molecule has 1 aliphatic rings. The average molecular weight is 260 g/mol. The van der Waals surface area contributed by atoms with E-state index in [1.165, 1.54) is 12.1 Å². The van der Waals surface area contributed by atoms with E-state index in [9.17, 15) is 4.39 Å². The lowest BCUT2D eigenvalue weighted by Gasteiger charge is -2.22. The third kappa shape index (κ3) is 2.33. The molecular formula is C14H17FN4. The number of rotatable bonds is 1. The zero-order valence-electron chi connectivity index (χ0n) is 10.7. The first-order valence-electron chi connectivity index (χ1n) is 6.55. The van der Waals surface area contributed by atoms with Crippen LogP contribution in [0.5, 0.6) is 0 Å². The minimum Gasteiger partial charge on any atom is -0.398 e. The van der Waals surface area contributed by atoms with E-state index in [-0.39, 0.29) is 5.82 Å². The smallest absolute Gasteiger partial charge is 0.136 e. The van der Waals surface area contributed by atoms with Crippen LogP contribution in [0.1, 0.15) is 6.42 Å². The highest BCUT2D eigenvalue weighted by molar-refractivity contribution is 5.99. The Kier molecular flexibility index (Phi) is 3.21. The van der Waals surface area contributed by atoms with Crippen LogP contribution in [0.15, 0.2) is 24.4 Å². The molecule has 100 valence electrons. The minimum absolute atomic E-state index is 0.313. The Labute approximate surface area is 111 Å². The van der Waals surface area contributed by atoms with E-state index in [4.69, 9.17) is 5.73 Å². The lowest BCUT2D eigenvalue weighted by atomic mass is 10.1. The number of pyridine rings is 1. The Morgan fingerprint density at radius 2 is 2.11 bits per heavy atom. The van der Waals surface area contributed by atoms with Crippen LogP contribution in [0.3, 0.4) is 0 Å². The summed E-state index contributed by atoms with van der Waals surface area (Å²) in [6.45, 7) is 3.73. The first-order chi connectivity index (χ1) is 9.25. The van der Waals surface area contributed by atoms with Crippen molar-refractivity contribution < 1.29 is 4.39 Å². The van der Waals surface area contributed by atoms with Crippen molar-refractivity contribution in [2.45, 2.75) is 6.42 Å². The van der Waals surface area contributed by atoms with Crippen molar-refractivity contribution in [2.24, 2.45) is 0 Å². The van der Waals surface area contributed by atoms with Gasteiger partial charge >= 0.3 is 0 Å². The van der Waals surface area contributed by atoms with Crippen LogP contribution >= 0.6 is 0 Å². The van der Waals surface area contributed by atoms with Crippen molar-refractivity contribution in [2.75, 3.05) is 36.8 Å². The highest BCUT2D eigenvalue weighted by atomic mass is 19.1. The molecule has 1 aromatic carbocycles. The summed E-state index contributed by atoms with van der Waals surface area (Å²) in [5, 5.41) is 5.01. The lowest BCUT2D eigenvalue weighted by Crippen LogP contribution is -2.28. The molecule has 1 aromatic heterocycles. The minimum atomic E-state index is -0.313. The maximum atomic E-state index is 13.6.